The van der Waals surface area contributed by atoms with Crippen molar-refractivity contribution in [2.75, 3.05) is 51.6 Å². The molecule has 0 atom stereocenters. The lowest BCUT2D eigenvalue weighted by Gasteiger charge is -2.12. The average Bonchev–Trinajstić information content (AvgIpc) is 2.36. The van der Waals surface area contributed by atoms with Crippen molar-refractivity contribution in [2.45, 2.75) is 0 Å². The Hall–Kier alpha value is -1.53. The van der Waals surface area contributed by atoms with Gasteiger partial charge in [0.1, 0.15) is 0 Å². The molecule has 0 aliphatic heterocycles. The van der Waals surface area contributed by atoms with E-state index in [1.54, 1.807) is 7.11 Å². The van der Waals surface area contributed by atoms with Gasteiger partial charge >= 0.3 is 0 Å². The van der Waals surface area contributed by atoms with Gasteiger partial charge in [-0.2, -0.15) is 0 Å². The largest absolute Gasteiger partial charge is 0.494 e. The Kier molecular flexibility index (Phi) is 6.24. The topological polar surface area (TPSA) is 65.7 Å². The zero-order valence-electron chi connectivity index (χ0n) is 10.7. The minimum atomic E-state index is -0.475. The second-order valence-corrected chi connectivity index (χ2v) is 3.61. The van der Waals surface area contributed by atoms with Crippen molar-refractivity contribution >= 4 is 11.4 Å². The van der Waals surface area contributed by atoms with E-state index in [1.165, 1.54) is 19.2 Å². The number of halogens is 1. The molecule has 0 spiro atoms. The minimum Gasteiger partial charge on any atom is -0.494 e. The molecule has 102 valence electrons. The van der Waals surface area contributed by atoms with Gasteiger partial charge in [-0.15, -0.1) is 0 Å². The second-order valence-electron chi connectivity index (χ2n) is 3.61. The Bertz CT molecular complexity index is 375. The number of nitrogens with two attached hydrogens (primary N) is 1. The molecule has 5 nitrogen and oxygen atoms in total. The van der Waals surface area contributed by atoms with Crippen LogP contribution in [0.5, 0.6) is 5.75 Å². The van der Waals surface area contributed by atoms with Crippen LogP contribution in [0.15, 0.2) is 12.1 Å². The molecule has 1 rings (SSSR count). The predicted octanol–water partition coefficient (Wildman–Crippen LogP) is 1.49. The van der Waals surface area contributed by atoms with Gasteiger partial charge in [-0.05, 0) is 0 Å². The monoisotopic (exact) mass is 258 g/mol. The molecule has 0 saturated carbocycles. The number of ether oxygens (including phenoxy) is 3. The van der Waals surface area contributed by atoms with E-state index < -0.39 is 5.82 Å². The predicted molar refractivity (Wildman–Crippen MR) is 68.5 cm³/mol. The van der Waals surface area contributed by atoms with Gasteiger partial charge < -0.3 is 25.3 Å². The first-order chi connectivity index (χ1) is 8.69. The number of nitrogen functional groups attached to an aromatic ring is 1. The fraction of sp³-hybridized carbons (Fsp3) is 0.500. The number of hydrogen-bond donors (Lipinski definition) is 2. The van der Waals surface area contributed by atoms with Crippen molar-refractivity contribution in [2.24, 2.45) is 0 Å². The Balaban J connectivity index is 2.42. The Morgan fingerprint density at radius 1 is 1.22 bits per heavy atom. The lowest BCUT2D eigenvalue weighted by molar-refractivity contribution is 0.0759. The molecule has 3 N–H and O–H groups in total. The summed E-state index contributed by atoms with van der Waals surface area (Å²) in [7, 11) is 3.03. The number of benzene rings is 1. The summed E-state index contributed by atoms with van der Waals surface area (Å²) in [5.74, 6) is -0.316. The van der Waals surface area contributed by atoms with E-state index in [9.17, 15) is 4.39 Å². The van der Waals surface area contributed by atoms with Gasteiger partial charge in [0.2, 0.25) is 0 Å². The van der Waals surface area contributed by atoms with Crippen molar-refractivity contribution in [3.8, 4) is 5.75 Å². The lowest BCUT2D eigenvalue weighted by atomic mass is 10.2. The second kappa shape index (κ2) is 7.73. The first-order valence-corrected chi connectivity index (χ1v) is 5.62. The third-order valence-corrected chi connectivity index (χ3v) is 2.32. The molecular weight excluding hydrogens is 239 g/mol. The molecule has 1 aromatic rings. The first kappa shape index (κ1) is 14.5. The highest BCUT2D eigenvalue weighted by atomic mass is 19.1. The van der Waals surface area contributed by atoms with Crippen LogP contribution in [0.25, 0.3) is 0 Å². The smallest absolute Gasteiger partial charge is 0.167 e. The van der Waals surface area contributed by atoms with Gasteiger partial charge in [0, 0.05) is 25.8 Å². The van der Waals surface area contributed by atoms with E-state index in [1.807, 2.05) is 0 Å². The zero-order chi connectivity index (χ0) is 13.4. The highest BCUT2D eigenvalue weighted by Gasteiger charge is 2.07. The van der Waals surface area contributed by atoms with Gasteiger partial charge in [-0.25, -0.2) is 4.39 Å². The molecule has 1 aromatic carbocycles. The van der Waals surface area contributed by atoms with Crippen LogP contribution in [0.2, 0.25) is 0 Å². The van der Waals surface area contributed by atoms with E-state index >= 15 is 0 Å². The summed E-state index contributed by atoms with van der Waals surface area (Å²) in [6, 6.07) is 2.76. The van der Waals surface area contributed by atoms with Crippen LogP contribution in [0.1, 0.15) is 0 Å². The van der Waals surface area contributed by atoms with Crippen LogP contribution in [0, 0.1) is 5.82 Å². The summed E-state index contributed by atoms with van der Waals surface area (Å²) < 4.78 is 28.3. The summed E-state index contributed by atoms with van der Waals surface area (Å²) in [5, 5.41) is 3.05. The molecule has 0 aromatic heterocycles. The number of rotatable bonds is 8. The fourth-order valence-electron chi connectivity index (χ4n) is 1.38. The summed E-state index contributed by atoms with van der Waals surface area (Å²) in [6.07, 6.45) is 0. The average molecular weight is 258 g/mol. The van der Waals surface area contributed by atoms with E-state index in [2.05, 4.69) is 5.32 Å². The quantitative estimate of drug-likeness (QED) is 0.546. The third-order valence-electron chi connectivity index (χ3n) is 2.32. The van der Waals surface area contributed by atoms with Crippen molar-refractivity contribution in [1.82, 2.24) is 0 Å². The SMILES string of the molecule is COCCOCCNc1cc(OC)c(F)cc1N. The molecule has 0 bridgehead atoms. The van der Waals surface area contributed by atoms with E-state index in [0.717, 1.165) is 0 Å². The molecular formula is C12H19FN2O3. The number of methoxy groups -OCH3 is 2. The maximum Gasteiger partial charge on any atom is 0.167 e. The maximum atomic E-state index is 13.3. The normalized spacial score (nSPS) is 10.4. The summed E-state index contributed by atoms with van der Waals surface area (Å²) in [6.45, 7) is 2.19. The number of anilines is 2. The number of hydrogen-bond acceptors (Lipinski definition) is 5. The molecule has 0 fully saturated rings. The van der Waals surface area contributed by atoms with Gasteiger partial charge in [0.05, 0.1) is 38.3 Å². The summed E-state index contributed by atoms with van der Waals surface area (Å²) >= 11 is 0. The van der Waals surface area contributed by atoms with Crippen molar-refractivity contribution in [1.29, 1.82) is 0 Å². The Morgan fingerprint density at radius 2 is 2.00 bits per heavy atom. The molecule has 0 amide bonds. The van der Waals surface area contributed by atoms with Crippen molar-refractivity contribution in [3.05, 3.63) is 17.9 Å². The van der Waals surface area contributed by atoms with Crippen LogP contribution in [-0.4, -0.2) is 40.6 Å². The summed E-state index contributed by atoms with van der Waals surface area (Å²) in [4.78, 5) is 0. The van der Waals surface area contributed by atoms with E-state index in [4.69, 9.17) is 19.9 Å². The Labute approximate surface area is 106 Å². The Morgan fingerprint density at radius 3 is 2.67 bits per heavy atom. The molecule has 0 aliphatic carbocycles. The van der Waals surface area contributed by atoms with Crippen LogP contribution < -0.4 is 15.8 Å². The highest BCUT2D eigenvalue weighted by Crippen LogP contribution is 2.27. The molecule has 18 heavy (non-hydrogen) atoms. The lowest BCUT2D eigenvalue weighted by Crippen LogP contribution is -2.13. The number of nitrogens with one attached hydrogen (secondary N) is 1. The minimum absolute atomic E-state index is 0.159. The zero-order valence-corrected chi connectivity index (χ0v) is 10.7. The summed E-state index contributed by atoms with van der Waals surface area (Å²) in [5.41, 5.74) is 6.66. The third kappa shape index (κ3) is 4.38. The highest BCUT2D eigenvalue weighted by molar-refractivity contribution is 5.68. The van der Waals surface area contributed by atoms with Gasteiger partial charge in [-0.3, -0.25) is 0 Å². The molecule has 0 saturated heterocycles. The first-order valence-electron chi connectivity index (χ1n) is 5.62. The van der Waals surface area contributed by atoms with Crippen molar-refractivity contribution < 1.29 is 18.6 Å². The molecule has 6 heteroatoms. The molecule has 0 radical (unpaired) electrons. The van der Waals surface area contributed by atoms with Crippen LogP contribution in [0.4, 0.5) is 15.8 Å². The van der Waals surface area contributed by atoms with Crippen LogP contribution in [0.3, 0.4) is 0 Å². The molecule has 0 aliphatic rings. The van der Waals surface area contributed by atoms with Crippen LogP contribution >= 0.6 is 0 Å². The fourth-order valence-corrected chi connectivity index (χ4v) is 1.38. The standard InChI is InChI=1S/C12H19FN2O3/c1-16-5-6-18-4-3-15-11-8-12(17-2)9(13)7-10(11)14/h7-8,15H,3-6,14H2,1-2H3. The molecule has 0 unspecified atom stereocenters. The van der Waals surface area contributed by atoms with Gasteiger partial charge in [0.25, 0.3) is 0 Å². The van der Waals surface area contributed by atoms with Gasteiger partial charge in [0.15, 0.2) is 11.6 Å². The van der Waals surface area contributed by atoms with Crippen LogP contribution in [-0.2, 0) is 9.47 Å². The van der Waals surface area contributed by atoms with E-state index in [-0.39, 0.29) is 5.75 Å². The van der Waals surface area contributed by atoms with Crippen molar-refractivity contribution in [3.63, 3.8) is 0 Å². The van der Waals surface area contributed by atoms with Gasteiger partial charge in [-0.1, -0.05) is 0 Å². The maximum absolute atomic E-state index is 13.3. The molecule has 0 heterocycles. The van der Waals surface area contributed by atoms with E-state index in [0.29, 0.717) is 37.7 Å².